The van der Waals surface area contributed by atoms with Crippen molar-refractivity contribution >= 4 is 58.0 Å². The van der Waals surface area contributed by atoms with Gasteiger partial charge in [0.2, 0.25) is 17.7 Å². The number of unbranched alkanes of at least 4 members (excludes halogenated alkanes) is 1. The van der Waals surface area contributed by atoms with E-state index in [9.17, 15) is 24.0 Å². The summed E-state index contributed by atoms with van der Waals surface area (Å²) in [5.74, 6) is -3.44. The summed E-state index contributed by atoms with van der Waals surface area (Å²) in [7, 11) is 0. The van der Waals surface area contributed by atoms with Crippen LogP contribution in [0.3, 0.4) is 0 Å². The highest BCUT2D eigenvalue weighted by molar-refractivity contribution is 6.25. The Morgan fingerprint density at radius 2 is 1.69 bits per heavy atom. The first-order chi connectivity index (χ1) is 30.1. The van der Waals surface area contributed by atoms with Gasteiger partial charge in [0.15, 0.2) is 0 Å². The molecule has 3 aromatic carbocycles. The fourth-order valence-electron chi connectivity index (χ4n) is 8.39. The molecule has 322 valence electrons. The Balaban J connectivity index is 0.819. The number of amides is 5. The van der Waals surface area contributed by atoms with Crippen LogP contribution in [0.1, 0.15) is 76.9 Å². The lowest BCUT2D eigenvalue weighted by atomic mass is 10.0. The molecule has 0 radical (unpaired) electrons. The molecular weight excluding hydrogens is 801 g/mol. The molecular formula is C45H47F2N9O6. The van der Waals surface area contributed by atoms with Crippen molar-refractivity contribution in [3.63, 3.8) is 0 Å². The first kappa shape index (κ1) is 42.2. The first-order valence-electron chi connectivity index (χ1n) is 21.0. The van der Waals surface area contributed by atoms with Gasteiger partial charge in [0.05, 0.1) is 53.3 Å². The fraction of sp³-hybridized carbons (Fsp3) is 0.378. The Labute approximate surface area is 356 Å². The minimum absolute atomic E-state index is 0.0172. The number of nitrogens with one attached hydrogen (secondary N) is 2. The van der Waals surface area contributed by atoms with Gasteiger partial charge in [0.25, 0.3) is 11.8 Å². The van der Waals surface area contributed by atoms with Gasteiger partial charge in [-0.3, -0.25) is 49.1 Å². The maximum Gasteiger partial charge on any atom is 0.264 e. The molecule has 3 fully saturated rings. The van der Waals surface area contributed by atoms with Crippen LogP contribution in [0.5, 0.6) is 0 Å². The molecule has 1 aromatic heterocycles. The normalized spacial score (nSPS) is 19.1. The number of benzene rings is 3. The first-order valence-corrected chi connectivity index (χ1v) is 21.0. The number of para-hydroxylation sites is 1. The van der Waals surface area contributed by atoms with Gasteiger partial charge >= 0.3 is 0 Å². The molecule has 8 rings (SSSR count). The number of hydrogen-bond donors (Lipinski definition) is 3. The van der Waals surface area contributed by atoms with Crippen LogP contribution >= 0.6 is 0 Å². The number of fused-ring (bicyclic) bond motifs is 2. The number of halogens is 2. The van der Waals surface area contributed by atoms with Crippen LogP contribution in [0.25, 0.3) is 27.7 Å². The Morgan fingerprint density at radius 3 is 2.44 bits per heavy atom. The largest absolute Gasteiger partial charge is 0.404 e. The van der Waals surface area contributed by atoms with Gasteiger partial charge in [-0.25, -0.2) is 13.8 Å². The van der Waals surface area contributed by atoms with Crippen molar-refractivity contribution in [2.45, 2.75) is 63.6 Å². The molecule has 1 unspecified atom stereocenters. The molecule has 4 aliphatic heterocycles. The van der Waals surface area contributed by atoms with Crippen LogP contribution < -0.4 is 16.4 Å². The van der Waals surface area contributed by atoms with E-state index in [0.717, 1.165) is 4.90 Å². The number of morpholine rings is 1. The monoisotopic (exact) mass is 847 g/mol. The third-order valence-corrected chi connectivity index (χ3v) is 11.8. The second-order valence-corrected chi connectivity index (χ2v) is 15.8. The summed E-state index contributed by atoms with van der Waals surface area (Å²) in [6.45, 7) is 3.99. The predicted octanol–water partition coefficient (Wildman–Crippen LogP) is 4.45. The Morgan fingerprint density at radius 1 is 0.952 bits per heavy atom. The number of nitrogens with two attached hydrogens (primary N) is 1. The molecule has 0 bridgehead atoms. The number of nitrogens with zero attached hydrogens (tertiary/aromatic N) is 6. The van der Waals surface area contributed by atoms with E-state index < -0.39 is 41.3 Å². The number of carbonyl (C=O) groups is 5. The van der Waals surface area contributed by atoms with Crippen LogP contribution in [0.2, 0.25) is 0 Å². The van der Waals surface area contributed by atoms with Crippen LogP contribution in [0.4, 0.5) is 14.5 Å². The summed E-state index contributed by atoms with van der Waals surface area (Å²) in [6.07, 6.45) is 7.69. The van der Waals surface area contributed by atoms with Gasteiger partial charge in [-0.2, -0.15) is 0 Å². The molecule has 4 aromatic rings. The molecule has 0 saturated carbocycles. The molecule has 4 N–H and O–H groups in total. The molecule has 0 spiro atoms. The molecule has 5 amide bonds. The number of imide groups is 2. The minimum Gasteiger partial charge on any atom is -0.404 e. The van der Waals surface area contributed by atoms with Gasteiger partial charge < -0.3 is 20.7 Å². The summed E-state index contributed by atoms with van der Waals surface area (Å²) < 4.78 is 36.1. The van der Waals surface area contributed by atoms with E-state index in [1.807, 2.05) is 9.80 Å². The Kier molecular flexibility index (Phi) is 12.7. The number of anilines is 1. The van der Waals surface area contributed by atoms with Gasteiger partial charge in [-0.1, -0.05) is 18.2 Å². The number of ether oxygens (including phenoxy) is 1. The summed E-state index contributed by atoms with van der Waals surface area (Å²) in [4.78, 5) is 82.6. The van der Waals surface area contributed by atoms with Crippen molar-refractivity contribution in [3.8, 4) is 11.1 Å². The highest BCUT2D eigenvalue weighted by Crippen LogP contribution is 2.33. The van der Waals surface area contributed by atoms with E-state index in [2.05, 4.69) is 15.6 Å². The number of rotatable bonds is 13. The van der Waals surface area contributed by atoms with E-state index in [0.29, 0.717) is 117 Å². The van der Waals surface area contributed by atoms with Crippen LogP contribution in [0, 0.1) is 11.6 Å². The zero-order chi connectivity index (χ0) is 43.3. The van der Waals surface area contributed by atoms with Gasteiger partial charge in [0.1, 0.15) is 17.7 Å². The summed E-state index contributed by atoms with van der Waals surface area (Å²) in [5, 5.41) is 5.43. The molecule has 62 heavy (non-hydrogen) atoms. The predicted molar refractivity (Wildman–Crippen MR) is 227 cm³/mol. The lowest BCUT2D eigenvalue weighted by Crippen LogP contribution is -2.54. The zero-order valence-electron chi connectivity index (χ0n) is 34.1. The van der Waals surface area contributed by atoms with Gasteiger partial charge in [-0.15, -0.1) is 0 Å². The SMILES string of the molecule is NC=C(C=NC1CCN(C(=O)CCCCNc2cccc3c2C(=O)N(C2CCC(=O)NC2=O)C3=O)CC1)c1cnc2cccc(-c3cc(F)c(CN4CCOCC4)c(F)c3)c2n1. The lowest BCUT2D eigenvalue weighted by molar-refractivity contribution is -0.136. The van der Waals surface area contributed by atoms with E-state index in [1.54, 1.807) is 48.8 Å². The Bertz CT molecular complexity index is 2460. The summed E-state index contributed by atoms with van der Waals surface area (Å²) in [5.41, 5.74) is 9.82. The van der Waals surface area contributed by atoms with Crippen molar-refractivity contribution in [1.29, 1.82) is 0 Å². The van der Waals surface area contributed by atoms with E-state index in [-0.39, 0.29) is 48.0 Å². The number of carbonyl (C=O) groups excluding carboxylic acids is 5. The molecule has 1 atom stereocenters. The maximum absolute atomic E-state index is 15.4. The molecule has 17 heteroatoms. The lowest BCUT2D eigenvalue weighted by Gasteiger charge is -2.30. The topological polar surface area (TPSA) is 193 Å². The number of likely N-dealkylation sites (tertiary alicyclic amines) is 1. The number of allylic oxidation sites excluding steroid dienone is 1. The highest BCUT2D eigenvalue weighted by Gasteiger charge is 2.45. The third kappa shape index (κ3) is 8.95. The van der Waals surface area contributed by atoms with E-state index in [1.165, 1.54) is 18.3 Å². The molecule has 3 saturated heterocycles. The summed E-state index contributed by atoms with van der Waals surface area (Å²) in [6, 6.07) is 11.8. The quantitative estimate of drug-likeness (QED) is 0.0979. The standard InChI is InChI=1S/C45H47F2N9O6/c46-33-21-27(22-34(47)32(33)26-54-17-19-62-20-18-54)30-5-3-8-36-42(30)52-37(25-51-36)28(23-48)24-50-29-12-15-55(16-13-29)40(58)9-1-2-14-49-35-7-4-6-31-41(35)45(61)56(44(31)60)38-10-11-39(57)53-43(38)59/h3-8,21-25,29,38,49H,1-2,9-20,26,48H2,(H,53,57,59). The molecule has 4 aliphatic rings. The second-order valence-electron chi connectivity index (χ2n) is 15.8. The minimum atomic E-state index is -1.04. The molecule has 15 nitrogen and oxygen atoms in total. The second kappa shape index (κ2) is 18.7. The number of aliphatic imine (C=N–C) groups is 1. The van der Waals surface area contributed by atoms with Gasteiger partial charge in [-0.05, 0) is 68.0 Å². The van der Waals surface area contributed by atoms with Crippen molar-refractivity contribution < 1.29 is 37.5 Å². The van der Waals surface area contributed by atoms with Gasteiger partial charge in [0, 0.05) is 86.9 Å². The zero-order valence-corrected chi connectivity index (χ0v) is 34.1. The maximum atomic E-state index is 15.4. The average Bonchev–Trinajstić information content (AvgIpc) is 3.53. The third-order valence-electron chi connectivity index (χ3n) is 11.8. The number of aromatic nitrogens is 2. The molecule has 5 heterocycles. The van der Waals surface area contributed by atoms with Crippen molar-refractivity contribution in [2.24, 2.45) is 10.7 Å². The Hall–Kier alpha value is -6.46. The average molecular weight is 848 g/mol. The van der Waals surface area contributed by atoms with Crippen LogP contribution in [-0.4, -0.2) is 118 Å². The smallest absolute Gasteiger partial charge is 0.264 e. The van der Waals surface area contributed by atoms with E-state index >= 15 is 8.78 Å². The highest BCUT2D eigenvalue weighted by atomic mass is 19.1. The number of piperidine rings is 2. The summed E-state index contributed by atoms with van der Waals surface area (Å²) >= 11 is 0. The molecule has 0 aliphatic carbocycles. The van der Waals surface area contributed by atoms with Crippen molar-refractivity contribution in [2.75, 3.05) is 51.3 Å². The van der Waals surface area contributed by atoms with Crippen LogP contribution in [0.15, 0.2) is 65.9 Å². The van der Waals surface area contributed by atoms with Crippen LogP contribution in [-0.2, 0) is 25.7 Å². The van der Waals surface area contributed by atoms with Crippen molar-refractivity contribution in [1.82, 2.24) is 30.0 Å². The number of hydrogen-bond acceptors (Lipinski definition) is 12. The van der Waals surface area contributed by atoms with Crippen molar-refractivity contribution in [3.05, 3.63) is 94.9 Å². The fourth-order valence-corrected chi connectivity index (χ4v) is 8.39. The van der Waals surface area contributed by atoms with E-state index in [4.69, 9.17) is 20.4 Å².